The highest BCUT2D eigenvalue weighted by Gasteiger charge is 2.34. The molecule has 5 nitrogen and oxygen atoms in total. The van der Waals surface area contributed by atoms with E-state index in [1.54, 1.807) is 4.90 Å². The van der Waals surface area contributed by atoms with Gasteiger partial charge in [-0.15, -0.1) is 0 Å². The number of hydrogen-bond acceptors (Lipinski definition) is 3. The van der Waals surface area contributed by atoms with Crippen LogP contribution >= 0.6 is 0 Å². The van der Waals surface area contributed by atoms with E-state index in [9.17, 15) is 9.59 Å². The molecule has 0 spiro atoms. The molecule has 0 aromatic heterocycles. The molecule has 1 heterocycles. The number of amides is 2. The van der Waals surface area contributed by atoms with Gasteiger partial charge in [0, 0.05) is 31.6 Å². The summed E-state index contributed by atoms with van der Waals surface area (Å²) in [5.41, 5.74) is -0.480. The molecule has 1 atom stereocenters. The lowest BCUT2D eigenvalue weighted by molar-refractivity contribution is -0.139. The summed E-state index contributed by atoms with van der Waals surface area (Å²) in [4.78, 5) is 28.5. The van der Waals surface area contributed by atoms with Crippen molar-refractivity contribution >= 4 is 12.0 Å². The molecule has 22 heavy (non-hydrogen) atoms. The molecular formula is C17H30N2O3. The maximum absolute atomic E-state index is 12.6. The van der Waals surface area contributed by atoms with Crippen LogP contribution in [0, 0.1) is 5.92 Å². The van der Waals surface area contributed by atoms with Crippen LogP contribution in [0.25, 0.3) is 0 Å². The molecule has 2 fully saturated rings. The normalized spacial score (nSPS) is 24.3. The second-order valence-electron chi connectivity index (χ2n) is 7.64. The number of hydrogen-bond donors (Lipinski definition) is 0. The first-order chi connectivity index (χ1) is 10.3. The van der Waals surface area contributed by atoms with Gasteiger partial charge in [-0.05, 0) is 40.5 Å². The molecule has 0 aromatic rings. The van der Waals surface area contributed by atoms with Gasteiger partial charge in [0.05, 0.1) is 0 Å². The third-order valence-electron chi connectivity index (χ3n) is 4.52. The van der Waals surface area contributed by atoms with Gasteiger partial charge in [-0.3, -0.25) is 4.79 Å². The zero-order chi connectivity index (χ0) is 16.3. The first-order valence-corrected chi connectivity index (χ1v) is 8.56. The number of piperazine rings is 1. The minimum Gasteiger partial charge on any atom is -0.444 e. The topological polar surface area (TPSA) is 49.9 Å². The SMILES string of the molecule is C[C@H]1CN(C(=O)C2CCCCC2)CCN1C(=O)OC(C)(C)C. The molecule has 2 aliphatic rings. The number of carbonyl (C=O) groups excluding carboxylic acids is 2. The second-order valence-corrected chi connectivity index (χ2v) is 7.64. The predicted octanol–water partition coefficient (Wildman–Crippen LogP) is 3.03. The molecule has 0 N–H and O–H groups in total. The fraction of sp³-hybridized carbons (Fsp3) is 0.882. The van der Waals surface area contributed by atoms with Gasteiger partial charge in [0.15, 0.2) is 0 Å². The van der Waals surface area contributed by atoms with Gasteiger partial charge in [0.2, 0.25) is 5.91 Å². The maximum Gasteiger partial charge on any atom is 0.410 e. The highest BCUT2D eigenvalue weighted by molar-refractivity contribution is 5.79. The van der Waals surface area contributed by atoms with E-state index >= 15 is 0 Å². The monoisotopic (exact) mass is 310 g/mol. The van der Waals surface area contributed by atoms with Crippen LogP contribution in [-0.4, -0.2) is 53.1 Å². The Hall–Kier alpha value is -1.26. The van der Waals surface area contributed by atoms with E-state index in [2.05, 4.69) is 0 Å². The Morgan fingerprint density at radius 3 is 2.23 bits per heavy atom. The summed E-state index contributed by atoms with van der Waals surface area (Å²) >= 11 is 0. The van der Waals surface area contributed by atoms with E-state index in [1.165, 1.54) is 19.3 Å². The molecule has 0 aromatic carbocycles. The molecule has 1 aliphatic carbocycles. The minimum atomic E-state index is -0.480. The van der Waals surface area contributed by atoms with Crippen LogP contribution in [0.1, 0.15) is 59.8 Å². The van der Waals surface area contributed by atoms with Crippen LogP contribution in [0.5, 0.6) is 0 Å². The van der Waals surface area contributed by atoms with Gasteiger partial charge in [0.1, 0.15) is 5.60 Å². The van der Waals surface area contributed by atoms with Gasteiger partial charge >= 0.3 is 6.09 Å². The van der Waals surface area contributed by atoms with Crippen molar-refractivity contribution < 1.29 is 14.3 Å². The van der Waals surface area contributed by atoms with Gasteiger partial charge in [-0.2, -0.15) is 0 Å². The van der Waals surface area contributed by atoms with Gasteiger partial charge in [0.25, 0.3) is 0 Å². The largest absolute Gasteiger partial charge is 0.444 e. The first kappa shape index (κ1) is 17.1. The van der Waals surface area contributed by atoms with E-state index in [4.69, 9.17) is 4.74 Å². The van der Waals surface area contributed by atoms with Gasteiger partial charge in [-0.25, -0.2) is 4.79 Å². The third-order valence-corrected chi connectivity index (χ3v) is 4.52. The molecule has 0 bridgehead atoms. The Labute approximate surface area is 134 Å². The van der Waals surface area contributed by atoms with Crippen molar-refractivity contribution in [1.29, 1.82) is 0 Å². The Morgan fingerprint density at radius 2 is 1.68 bits per heavy atom. The average molecular weight is 310 g/mol. The fourth-order valence-electron chi connectivity index (χ4n) is 3.36. The summed E-state index contributed by atoms with van der Waals surface area (Å²) in [7, 11) is 0. The van der Waals surface area contributed by atoms with Crippen molar-refractivity contribution in [1.82, 2.24) is 9.80 Å². The van der Waals surface area contributed by atoms with E-state index in [1.807, 2.05) is 32.6 Å². The molecular weight excluding hydrogens is 280 g/mol. The molecule has 0 unspecified atom stereocenters. The maximum atomic E-state index is 12.6. The molecule has 1 saturated carbocycles. The Balaban J connectivity index is 1.89. The Bertz CT molecular complexity index is 411. The predicted molar refractivity (Wildman–Crippen MR) is 85.6 cm³/mol. The van der Waals surface area contributed by atoms with Crippen LogP contribution in [0.4, 0.5) is 4.79 Å². The van der Waals surface area contributed by atoms with Gasteiger partial charge < -0.3 is 14.5 Å². The molecule has 0 radical (unpaired) electrons. The van der Waals surface area contributed by atoms with Crippen LogP contribution in [0.3, 0.4) is 0 Å². The van der Waals surface area contributed by atoms with Crippen molar-refractivity contribution in [3.05, 3.63) is 0 Å². The van der Waals surface area contributed by atoms with Crippen molar-refractivity contribution in [2.45, 2.75) is 71.4 Å². The zero-order valence-electron chi connectivity index (χ0n) is 14.4. The molecule has 2 rings (SSSR count). The summed E-state index contributed by atoms with van der Waals surface area (Å²) in [6, 6.07) is 0.0103. The lowest BCUT2D eigenvalue weighted by atomic mass is 9.88. The molecule has 5 heteroatoms. The molecule has 2 amide bonds. The van der Waals surface area contributed by atoms with E-state index in [0.717, 1.165) is 12.8 Å². The van der Waals surface area contributed by atoms with Crippen LogP contribution in [0.2, 0.25) is 0 Å². The number of carbonyl (C=O) groups is 2. The quantitative estimate of drug-likeness (QED) is 0.748. The number of rotatable bonds is 1. The minimum absolute atomic E-state index is 0.0103. The van der Waals surface area contributed by atoms with Crippen molar-refractivity contribution in [3.63, 3.8) is 0 Å². The molecule has 1 saturated heterocycles. The smallest absolute Gasteiger partial charge is 0.410 e. The van der Waals surface area contributed by atoms with Crippen LogP contribution < -0.4 is 0 Å². The highest BCUT2D eigenvalue weighted by atomic mass is 16.6. The zero-order valence-corrected chi connectivity index (χ0v) is 14.4. The average Bonchev–Trinajstić information content (AvgIpc) is 2.45. The van der Waals surface area contributed by atoms with E-state index in [0.29, 0.717) is 19.6 Å². The molecule has 126 valence electrons. The van der Waals surface area contributed by atoms with Gasteiger partial charge in [-0.1, -0.05) is 19.3 Å². The summed E-state index contributed by atoms with van der Waals surface area (Å²) in [5, 5.41) is 0. The van der Waals surface area contributed by atoms with Crippen LogP contribution in [-0.2, 0) is 9.53 Å². The Morgan fingerprint density at radius 1 is 1.05 bits per heavy atom. The Kier molecular flexibility index (Phi) is 5.35. The fourth-order valence-corrected chi connectivity index (χ4v) is 3.36. The summed E-state index contributed by atoms with van der Waals surface area (Å²) in [6.07, 6.45) is 5.38. The number of ether oxygens (including phenoxy) is 1. The summed E-state index contributed by atoms with van der Waals surface area (Å²) in [6.45, 7) is 9.42. The van der Waals surface area contributed by atoms with Crippen molar-refractivity contribution in [2.75, 3.05) is 19.6 Å². The highest BCUT2D eigenvalue weighted by Crippen LogP contribution is 2.26. The molecule has 1 aliphatic heterocycles. The summed E-state index contributed by atoms with van der Waals surface area (Å²) in [5.74, 6) is 0.490. The van der Waals surface area contributed by atoms with Crippen molar-refractivity contribution in [3.8, 4) is 0 Å². The number of nitrogens with zero attached hydrogens (tertiary/aromatic N) is 2. The second kappa shape index (κ2) is 6.88. The first-order valence-electron chi connectivity index (χ1n) is 8.56. The summed E-state index contributed by atoms with van der Waals surface area (Å²) < 4.78 is 5.44. The lowest BCUT2D eigenvalue weighted by Crippen LogP contribution is -2.57. The van der Waals surface area contributed by atoms with Crippen molar-refractivity contribution in [2.24, 2.45) is 5.92 Å². The third kappa shape index (κ3) is 4.37. The van der Waals surface area contributed by atoms with E-state index in [-0.39, 0.29) is 24.0 Å². The van der Waals surface area contributed by atoms with Crippen LogP contribution in [0.15, 0.2) is 0 Å². The lowest BCUT2D eigenvalue weighted by Gasteiger charge is -2.41. The standard InChI is InChI=1S/C17H30N2O3/c1-13-12-18(15(20)14-8-6-5-7-9-14)10-11-19(13)16(21)22-17(2,3)4/h13-14H,5-12H2,1-4H3/t13-/m0/s1. The van der Waals surface area contributed by atoms with E-state index < -0.39 is 5.60 Å².